The smallest absolute Gasteiger partial charge is 0.226 e. The summed E-state index contributed by atoms with van der Waals surface area (Å²) < 4.78 is 5.72. The number of amides is 1. The molecule has 126 valence electrons. The molecule has 2 atom stereocenters. The summed E-state index contributed by atoms with van der Waals surface area (Å²) in [5.41, 5.74) is 1.18. The van der Waals surface area contributed by atoms with E-state index in [0.717, 1.165) is 37.4 Å². The molecular formula is C18H24ClNO3. The van der Waals surface area contributed by atoms with E-state index in [1.165, 1.54) is 5.56 Å². The van der Waals surface area contributed by atoms with Gasteiger partial charge >= 0.3 is 0 Å². The first-order valence-corrected chi connectivity index (χ1v) is 8.83. The molecular weight excluding hydrogens is 314 g/mol. The molecule has 4 nitrogen and oxygen atoms in total. The second-order valence-electron chi connectivity index (χ2n) is 6.48. The third-order valence-electron chi connectivity index (χ3n) is 4.79. The van der Waals surface area contributed by atoms with Crippen LogP contribution in [0.25, 0.3) is 0 Å². The third-order valence-corrected chi connectivity index (χ3v) is 5.03. The monoisotopic (exact) mass is 337 g/mol. The Hall–Kier alpha value is -1.10. The van der Waals surface area contributed by atoms with Crippen LogP contribution in [0.4, 0.5) is 0 Å². The average molecular weight is 338 g/mol. The number of halogens is 1. The highest BCUT2D eigenvalue weighted by molar-refractivity contribution is 6.30. The number of likely N-dealkylation sites (tertiary alicyclic amines) is 1. The number of hydrogen-bond acceptors (Lipinski definition) is 3. The second kappa shape index (κ2) is 7.65. The first-order valence-electron chi connectivity index (χ1n) is 8.45. The highest BCUT2D eigenvalue weighted by Crippen LogP contribution is 2.49. The van der Waals surface area contributed by atoms with Gasteiger partial charge in [-0.2, -0.15) is 0 Å². The van der Waals surface area contributed by atoms with Crippen LogP contribution in [-0.4, -0.2) is 48.3 Å². The molecule has 1 heterocycles. The lowest BCUT2D eigenvalue weighted by molar-refractivity contribution is -0.135. The van der Waals surface area contributed by atoms with Gasteiger partial charge in [0, 0.05) is 37.2 Å². The van der Waals surface area contributed by atoms with Crippen molar-refractivity contribution in [1.82, 2.24) is 4.90 Å². The molecule has 1 N–H and O–H groups in total. The van der Waals surface area contributed by atoms with Crippen molar-refractivity contribution >= 4 is 17.5 Å². The summed E-state index contributed by atoms with van der Waals surface area (Å²) in [5.74, 6) is 0.740. The molecule has 3 rings (SSSR count). The van der Waals surface area contributed by atoms with E-state index in [4.69, 9.17) is 21.4 Å². The van der Waals surface area contributed by atoms with Crippen molar-refractivity contribution in [3.63, 3.8) is 0 Å². The van der Waals surface area contributed by atoms with Crippen molar-refractivity contribution in [1.29, 1.82) is 0 Å². The Balaban J connectivity index is 1.46. The summed E-state index contributed by atoms with van der Waals surface area (Å²) in [6, 6.07) is 7.85. The zero-order chi connectivity index (χ0) is 16.2. The van der Waals surface area contributed by atoms with Gasteiger partial charge < -0.3 is 14.7 Å². The van der Waals surface area contributed by atoms with Crippen LogP contribution < -0.4 is 0 Å². The standard InChI is InChI=1S/C18H24ClNO3/c19-14-4-1-3-13(11-14)16-12-17(16)18(22)20-7-5-15(6-8-20)23-10-2-9-21/h1,3-4,11,15-17,21H,2,5-10,12H2. The predicted octanol–water partition coefficient (Wildman–Crippen LogP) is 2.83. The van der Waals surface area contributed by atoms with E-state index in [0.29, 0.717) is 18.9 Å². The van der Waals surface area contributed by atoms with Gasteiger partial charge in [-0.05, 0) is 49.3 Å². The fourth-order valence-electron chi connectivity index (χ4n) is 3.37. The SMILES string of the molecule is O=C(C1CC1c1cccc(Cl)c1)N1CCC(OCCCO)CC1. The number of carbonyl (C=O) groups excluding carboxylic acids is 1. The quantitative estimate of drug-likeness (QED) is 0.812. The van der Waals surface area contributed by atoms with Gasteiger partial charge in [-0.3, -0.25) is 4.79 Å². The van der Waals surface area contributed by atoms with Gasteiger partial charge in [0.15, 0.2) is 0 Å². The van der Waals surface area contributed by atoms with Gasteiger partial charge in [-0.25, -0.2) is 0 Å². The molecule has 0 spiro atoms. The molecule has 23 heavy (non-hydrogen) atoms. The van der Waals surface area contributed by atoms with Crippen molar-refractivity contribution in [2.45, 2.75) is 37.7 Å². The number of aliphatic hydroxyl groups excluding tert-OH is 1. The Morgan fingerprint density at radius 1 is 1.35 bits per heavy atom. The van der Waals surface area contributed by atoms with E-state index in [2.05, 4.69) is 6.07 Å². The van der Waals surface area contributed by atoms with Gasteiger partial charge in [0.25, 0.3) is 0 Å². The first-order chi connectivity index (χ1) is 11.2. The lowest BCUT2D eigenvalue weighted by atomic mass is 10.1. The molecule has 0 aromatic heterocycles. The van der Waals surface area contributed by atoms with Crippen LogP contribution in [0.15, 0.2) is 24.3 Å². The van der Waals surface area contributed by atoms with Gasteiger partial charge in [-0.1, -0.05) is 23.7 Å². The zero-order valence-electron chi connectivity index (χ0n) is 13.3. The molecule has 1 aliphatic heterocycles. The van der Waals surface area contributed by atoms with E-state index in [9.17, 15) is 4.79 Å². The number of hydrogen-bond donors (Lipinski definition) is 1. The van der Waals surface area contributed by atoms with Gasteiger partial charge in [0.2, 0.25) is 5.91 Å². The molecule has 1 aromatic carbocycles. The Kier molecular flexibility index (Phi) is 5.57. The first kappa shape index (κ1) is 16.7. The summed E-state index contributed by atoms with van der Waals surface area (Å²) in [6.07, 6.45) is 3.64. The number of rotatable bonds is 6. The lowest BCUT2D eigenvalue weighted by Gasteiger charge is -2.32. The van der Waals surface area contributed by atoms with Crippen LogP contribution in [0, 0.1) is 5.92 Å². The number of carbonyl (C=O) groups is 1. The van der Waals surface area contributed by atoms with Crippen molar-refractivity contribution in [3.8, 4) is 0 Å². The normalized spacial score (nSPS) is 24.7. The van der Waals surface area contributed by atoms with Crippen molar-refractivity contribution < 1.29 is 14.6 Å². The molecule has 5 heteroatoms. The number of benzene rings is 1. The Morgan fingerprint density at radius 3 is 2.83 bits per heavy atom. The lowest BCUT2D eigenvalue weighted by Crippen LogP contribution is -2.41. The molecule has 1 amide bonds. The minimum atomic E-state index is 0.125. The van der Waals surface area contributed by atoms with Crippen LogP contribution >= 0.6 is 11.6 Å². The minimum absolute atomic E-state index is 0.125. The summed E-state index contributed by atoms with van der Waals surface area (Å²) in [4.78, 5) is 14.6. The van der Waals surface area contributed by atoms with Crippen molar-refractivity contribution in [3.05, 3.63) is 34.9 Å². The molecule has 1 aromatic rings. The highest BCUT2D eigenvalue weighted by atomic mass is 35.5. The molecule has 0 radical (unpaired) electrons. The third kappa shape index (κ3) is 4.25. The van der Waals surface area contributed by atoms with E-state index in [1.54, 1.807) is 0 Å². The maximum absolute atomic E-state index is 12.6. The Labute approximate surface area is 142 Å². The molecule has 2 unspecified atom stereocenters. The number of piperidine rings is 1. The largest absolute Gasteiger partial charge is 0.396 e. The van der Waals surface area contributed by atoms with E-state index in [1.807, 2.05) is 23.1 Å². The van der Waals surface area contributed by atoms with E-state index < -0.39 is 0 Å². The maximum Gasteiger partial charge on any atom is 0.226 e. The zero-order valence-corrected chi connectivity index (χ0v) is 14.0. The number of nitrogens with zero attached hydrogens (tertiary/aromatic N) is 1. The molecule has 2 aliphatic rings. The Bertz CT molecular complexity index is 543. The fourth-order valence-corrected chi connectivity index (χ4v) is 3.56. The van der Waals surface area contributed by atoms with Gasteiger partial charge in [-0.15, -0.1) is 0 Å². The summed E-state index contributed by atoms with van der Waals surface area (Å²) >= 11 is 6.04. The molecule has 0 bridgehead atoms. The topological polar surface area (TPSA) is 49.8 Å². The van der Waals surface area contributed by atoms with Crippen LogP contribution in [0.2, 0.25) is 5.02 Å². The van der Waals surface area contributed by atoms with Crippen LogP contribution in [0.5, 0.6) is 0 Å². The van der Waals surface area contributed by atoms with Crippen LogP contribution in [-0.2, 0) is 9.53 Å². The molecule has 2 fully saturated rings. The van der Waals surface area contributed by atoms with Crippen LogP contribution in [0.3, 0.4) is 0 Å². The maximum atomic E-state index is 12.6. The second-order valence-corrected chi connectivity index (χ2v) is 6.91. The average Bonchev–Trinajstić information content (AvgIpc) is 3.36. The predicted molar refractivity (Wildman–Crippen MR) is 89.6 cm³/mol. The molecule has 1 aliphatic carbocycles. The minimum Gasteiger partial charge on any atom is -0.396 e. The summed E-state index contributed by atoms with van der Waals surface area (Å²) in [5, 5.41) is 9.51. The highest BCUT2D eigenvalue weighted by Gasteiger charge is 2.46. The van der Waals surface area contributed by atoms with Crippen molar-refractivity contribution in [2.24, 2.45) is 5.92 Å². The summed E-state index contributed by atoms with van der Waals surface area (Å²) in [6.45, 7) is 2.33. The summed E-state index contributed by atoms with van der Waals surface area (Å²) in [7, 11) is 0. The Morgan fingerprint density at radius 2 is 2.13 bits per heavy atom. The van der Waals surface area contributed by atoms with E-state index >= 15 is 0 Å². The van der Waals surface area contributed by atoms with Crippen molar-refractivity contribution in [2.75, 3.05) is 26.3 Å². The van der Waals surface area contributed by atoms with Crippen LogP contribution in [0.1, 0.15) is 37.2 Å². The van der Waals surface area contributed by atoms with Gasteiger partial charge in [0.05, 0.1) is 6.10 Å². The van der Waals surface area contributed by atoms with E-state index in [-0.39, 0.29) is 24.5 Å². The number of ether oxygens (including phenoxy) is 1. The fraction of sp³-hybridized carbons (Fsp3) is 0.611. The van der Waals surface area contributed by atoms with Gasteiger partial charge in [0.1, 0.15) is 0 Å². The molecule has 1 saturated carbocycles. The molecule has 1 saturated heterocycles. The number of aliphatic hydroxyl groups is 1.